The molecule has 106 valence electrons. The van der Waals surface area contributed by atoms with Gasteiger partial charge in [-0.15, -0.1) is 0 Å². The Balaban J connectivity index is 3.08. The van der Waals surface area contributed by atoms with Crippen molar-refractivity contribution in [2.45, 2.75) is 30.6 Å². The van der Waals surface area contributed by atoms with Crippen molar-refractivity contribution in [1.82, 2.24) is 4.31 Å². The molecule has 0 saturated carbocycles. The van der Waals surface area contributed by atoms with Gasteiger partial charge in [-0.3, -0.25) is 4.79 Å². The molecule has 1 aromatic rings. The van der Waals surface area contributed by atoms with Crippen molar-refractivity contribution >= 4 is 16.0 Å². The molecular weight excluding hydrogens is 266 g/mol. The maximum absolute atomic E-state index is 11.9. The number of nitrogens with zero attached hydrogens (tertiary/aromatic N) is 1. The van der Waals surface area contributed by atoms with Gasteiger partial charge in [-0.1, -0.05) is 25.5 Å². The van der Waals surface area contributed by atoms with E-state index in [1.165, 1.54) is 26.2 Å². The Morgan fingerprint density at radius 3 is 2.16 bits per heavy atom. The van der Waals surface area contributed by atoms with Gasteiger partial charge in [0.2, 0.25) is 10.0 Å². The molecule has 1 unspecified atom stereocenters. The number of benzene rings is 1. The topological polar surface area (TPSA) is 74.7 Å². The minimum absolute atomic E-state index is 0.168. The molecule has 1 N–H and O–H groups in total. The van der Waals surface area contributed by atoms with Crippen molar-refractivity contribution < 1.29 is 18.3 Å². The van der Waals surface area contributed by atoms with Gasteiger partial charge in [-0.2, -0.15) is 0 Å². The maximum Gasteiger partial charge on any atom is 0.310 e. The number of rotatable bonds is 6. The molecule has 19 heavy (non-hydrogen) atoms. The Labute approximate surface area is 113 Å². The Bertz CT molecular complexity index is 534. The molecule has 0 amide bonds. The second-order valence-corrected chi connectivity index (χ2v) is 6.69. The van der Waals surface area contributed by atoms with Crippen LogP contribution >= 0.6 is 0 Å². The van der Waals surface area contributed by atoms with E-state index in [1.54, 1.807) is 12.1 Å². The fourth-order valence-corrected chi connectivity index (χ4v) is 2.71. The van der Waals surface area contributed by atoms with Gasteiger partial charge in [0.1, 0.15) is 0 Å². The predicted molar refractivity (Wildman–Crippen MR) is 72.6 cm³/mol. The number of carboxylic acid groups (broad SMARTS) is 1. The summed E-state index contributed by atoms with van der Waals surface area (Å²) in [6.45, 7) is 1.92. The molecule has 0 aliphatic carbocycles. The van der Waals surface area contributed by atoms with Crippen molar-refractivity contribution in [2.75, 3.05) is 14.1 Å². The number of hydrogen-bond acceptors (Lipinski definition) is 3. The van der Waals surface area contributed by atoms with Crippen LogP contribution in [0.3, 0.4) is 0 Å². The van der Waals surface area contributed by atoms with Crippen LogP contribution in [0.1, 0.15) is 31.2 Å². The molecular formula is C13H19NO4S. The molecule has 1 atom stereocenters. The number of carboxylic acids is 1. The zero-order valence-corrected chi connectivity index (χ0v) is 12.1. The summed E-state index contributed by atoms with van der Waals surface area (Å²) < 4.78 is 24.9. The summed E-state index contributed by atoms with van der Waals surface area (Å²) in [7, 11) is -0.549. The van der Waals surface area contributed by atoms with Crippen LogP contribution in [-0.4, -0.2) is 37.9 Å². The van der Waals surface area contributed by atoms with E-state index in [0.717, 1.165) is 10.7 Å². The first-order chi connectivity index (χ1) is 8.80. The molecule has 0 radical (unpaired) electrons. The summed E-state index contributed by atoms with van der Waals surface area (Å²) in [5.41, 5.74) is 0.632. The normalized spacial score (nSPS) is 13.5. The standard InChI is InChI=1S/C13H19NO4S/c1-4-5-12(13(15)16)10-6-8-11(9-7-10)19(17,18)14(2)3/h6-9,12H,4-5H2,1-3H3,(H,15,16). The van der Waals surface area contributed by atoms with Gasteiger partial charge in [-0.25, -0.2) is 12.7 Å². The van der Waals surface area contributed by atoms with E-state index in [-0.39, 0.29) is 4.90 Å². The van der Waals surface area contributed by atoms with Gasteiger partial charge >= 0.3 is 5.97 Å². The summed E-state index contributed by atoms with van der Waals surface area (Å²) in [6, 6.07) is 6.06. The van der Waals surface area contributed by atoms with Crippen molar-refractivity contribution in [2.24, 2.45) is 0 Å². The van der Waals surface area contributed by atoms with Crippen LogP contribution in [0.15, 0.2) is 29.2 Å². The van der Waals surface area contributed by atoms with Gasteiger partial charge in [0, 0.05) is 14.1 Å². The van der Waals surface area contributed by atoms with Crippen LogP contribution < -0.4 is 0 Å². The van der Waals surface area contributed by atoms with Crippen molar-refractivity contribution in [3.63, 3.8) is 0 Å². The summed E-state index contributed by atoms with van der Waals surface area (Å²) in [4.78, 5) is 11.3. The van der Waals surface area contributed by atoms with E-state index in [0.29, 0.717) is 12.0 Å². The molecule has 1 rings (SSSR count). The Kier molecular flexibility index (Phi) is 5.08. The van der Waals surface area contributed by atoms with Crippen LogP contribution in [0.5, 0.6) is 0 Å². The summed E-state index contributed by atoms with van der Waals surface area (Å²) in [6.07, 6.45) is 1.30. The maximum atomic E-state index is 11.9. The van der Waals surface area contributed by atoms with Crippen LogP contribution in [0.2, 0.25) is 0 Å². The summed E-state index contributed by atoms with van der Waals surface area (Å²) >= 11 is 0. The predicted octanol–water partition coefficient (Wildman–Crippen LogP) is 1.91. The lowest BCUT2D eigenvalue weighted by Crippen LogP contribution is -2.22. The first-order valence-corrected chi connectivity index (χ1v) is 7.50. The third kappa shape index (κ3) is 3.54. The van der Waals surface area contributed by atoms with Gasteiger partial charge in [0.25, 0.3) is 0 Å². The van der Waals surface area contributed by atoms with Gasteiger partial charge in [0.05, 0.1) is 10.8 Å². The summed E-state index contributed by atoms with van der Waals surface area (Å²) in [5, 5.41) is 9.15. The van der Waals surface area contributed by atoms with E-state index in [4.69, 9.17) is 5.11 Å². The Morgan fingerprint density at radius 1 is 1.26 bits per heavy atom. The average Bonchev–Trinajstić information content (AvgIpc) is 2.35. The monoisotopic (exact) mass is 285 g/mol. The molecule has 0 aliphatic rings. The number of aliphatic carboxylic acids is 1. The van der Waals surface area contributed by atoms with Crippen LogP contribution in [0.4, 0.5) is 0 Å². The number of sulfonamides is 1. The Hall–Kier alpha value is -1.40. The third-order valence-corrected chi connectivity index (χ3v) is 4.77. The second-order valence-electron chi connectivity index (χ2n) is 4.54. The molecule has 0 aliphatic heterocycles. The molecule has 0 heterocycles. The molecule has 0 aromatic heterocycles. The minimum atomic E-state index is -3.47. The Morgan fingerprint density at radius 2 is 1.79 bits per heavy atom. The SMILES string of the molecule is CCCC(C(=O)O)c1ccc(S(=O)(=O)N(C)C)cc1. The van der Waals surface area contributed by atoms with Gasteiger partial charge in [0.15, 0.2) is 0 Å². The smallest absolute Gasteiger partial charge is 0.310 e. The first-order valence-electron chi connectivity index (χ1n) is 6.06. The highest BCUT2D eigenvalue weighted by atomic mass is 32.2. The lowest BCUT2D eigenvalue weighted by Gasteiger charge is -2.14. The largest absolute Gasteiger partial charge is 0.481 e. The summed E-state index contributed by atoms with van der Waals surface area (Å²) in [5.74, 6) is -1.47. The van der Waals surface area contributed by atoms with E-state index in [1.807, 2.05) is 6.92 Å². The van der Waals surface area contributed by atoms with Crippen molar-refractivity contribution in [1.29, 1.82) is 0 Å². The van der Waals surface area contributed by atoms with E-state index < -0.39 is 21.9 Å². The molecule has 1 aromatic carbocycles. The average molecular weight is 285 g/mol. The molecule has 0 spiro atoms. The van der Waals surface area contributed by atoms with E-state index in [9.17, 15) is 13.2 Å². The molecule has 0 saturated heterocycles. The van der Waals surface area contributed by atoms with Crippen LogP contribution in [0.25, 0.3) is 0 Å². The van der Waals surface area contributed by atoms with Crippen LogP contribution in [-0.2, 0) is 14.8 Å². The molecule has 6 heteroatoms. The highest BCUT2D eigenvalue weighted by Crippen LogP contribution is 2.23. The lowest BCUT2D eigenvalue weighted by atomic mass is 9.95. The van der Waals surface area contributed by atoms with Gasteiger partial charge in [-0.05, 0) is 24.1 Å². The quantitative estimate of drug-likeness (QED) is 0.866. The first kappa shape index (κ1) is 15.7. The van der Waals surface area contributed by atoms with Crippen molar-refractivity contribution in [3.8, 4) is 0 Å². The minimum Gasteiger partial charge on any atom is -0.481 e. The van der Waals surface area contributed by atoms with E-state index >= 15 is 0 Å². The zero-order valence-electron chi connectivity index (χ0n) is 11.3. The third-order valence-electron chi connectivity index (χ3n) is 2.94. The molecule has 0 bridgehead atoms. The van der Waals surface area contributed by atoms with Crippen LogP contribution in [0, 0.1) is 0 Å². The molecule has 5 nitrogen and oxygen atoms in total. The van der Waals surface area contributed by atoms with Crippen molar-refractivity contribution in [3.05, 3.63) is 29.8 Å². The number of carbonyl (C=O) groups is 1. The lowest BCUT2D eigenvalue weighted by molar-refractivity contribution is -0.139. The fourth-order valence-electron chi connectivity index (χ4n) is 1.80. The fraction of sp³-hybridized carbons (Fsp3) is 0.462. The second kappa shape index (κ2) is 6.16. The zero-order chi connectivity index (χ0) is 14.6. The molecule has 0 fully saturated rings. The highest BCUT2D eigenvalue weighted by molar-refractivity contribution is 7.89. The highest BCUT2D eigenvalue weighted by Gasteiger charge is 2.21. The van der Waals surface area contributed by atoms with E-state index in [2.05, 4.69) is 0 Å². The van der Waals surface area contributed by atoms with Gasteiger partial charge < -0.3 is 5.11 Å². The number of hydrogen-bond donors (Lipinski definition) is 1.